The fourth-order valence-electron chi connectivity index (χ4n) is 7.45. The molecule has 4 aliphatic carbocycles. The van der Waals surface area contributed by atoms with Gasteiger partial charge in [-0.1, -0.05) is 18.2 Å². The van der Waals surface area contributed by atoms with E-state index >= 15 is 0 Å². The predicted octanol–water partition coefficient (Wildman–Crippen LogP) is 5.82. The summed E-state index contributed by atoms with van der Waals surface area (Å²) in [6.45, 7) is 4.66. The molecule has 1 spiro atoms. The second kappa shape index (κ2) is 4.72. The zero-order valence-electron chi connectivity index (χ0n) is 15.2. The van der Waals surface area contributed by atoms with Gasteiger partial charge in [0.25, 0.3) is 0 Å². The number of aryl methyl sites for hydroxylation is 1. The van der Waals surface area contributed by atoms with Crippen molar-refractivity contribution in [3.8, 4) is 0 Å². The van der Waals surface area contributed by atoms with Crippen molar-refractivity contribution < 1.29 is 4.42 Å². The van der Waals surface area contributed by atoms with E-state index in [1.54, 1.807) is 0 Å². The van der Waals surface area contributed by atoms with Crippen LogP contribution in [0.15, 0.2) is 41.0 Å². The maximum absolute atomic E-state index is 6.28. The number of benzene rings is 1. The molecule has 4 saturated carbocycles. The molecule has 4 fully saturated rings. The van der Waals surface area contributed by atoms with Crippen molar-refractivity contribution in [2.24, 2.45) is 23.7 Å². The summed E-state index contributed by atoms with van der Waals surface area (Å²) in [5.41, 5.74) is 4.37. The normalized spacial score (nSPS) is 40.9. The zero-order chi connectivity index (χ0) is 16.8. The molecular formula is C23H27NO. The first-order valence-corrected chi connectivity index (χ1v) is 10.1. The topological polar surface area (TPSA) is 16.4 Å². The molecule has 1 aromatic heterocycles. The van der Waals surface area contributed by atoms with Crippen LogP contribution in [0.1, 0.15) is 62.0 Å². The fraction of sp³-hybridized carbons (Fsp3) is 0.565. The smallest absolute Gasteiger partial charge is 0.135 e. The average Bonchev–Trinajstić information content (AvgIpc) is 3.15. The molecule has 5 aliphatic rings. The Labute approximate surface area is 150 Å². The third-order valence-electron chi connectivity index (χ3n) is 8.05. The molecule has 1 aliphatic heterocycles. The van der Waals surface area contributed by atoms with Gasteiger partial charge in [-0.25, -0.2) is 0 Å². The second-order valence-electron chi connectivity index (χ2n) is 9.17. The van der Waals surface area contributed by atoms with Gasteiger partial charge < -0.3 is 9.32 Å². The molecule has 2 heteroatoms. The van der Waals surface area contributed by atoms with Crippen LogP contribution in [-0.2, 0) is 5.54 Å². The van der Waals surface area contributed by atoms with E-state index in [-0.39, 0.29) is 5.54 Å². The number of anilines is 1. The molecule has 1 aromatic carbocycles. The Morgan fingerprint density at radius 2 is 1.64 bits per heavy atom. The van der Waals surface area contributed by atoms with Gasteiger partial charge >= 0.3 is 0 Å². The lowest BCUT2D eigenvalue weighted by Crippen LogP contribution is -2.62. The Kier molecular flexibility index (Phi) is 2.73. The Morgan fingerprint density at radius 1 is 0.960 bits per heavy atom. The third-order valence-corrected chi connectivity index (χ3v) is 8.05. The van der Waals surface area contributed by atoms with Gasteiger partial charge in [-0.05, 0) is 87.3 Å². The molecule has 1 atom stereocenters. The fourth-order valence-corrected chi connectivity index (χ4v) is 7.45. The molecule has 2 heterocycles. The van der Waals surface area contributed by atoms with Crippen molar-refractivity contribution in [1.29, 1.82) is 0 Å². The summed E-state index contributed by atoms with van der Waals surface area (Å²) in [6, 6.07) is 11.6. The zero-order valence-corrected chi connectivity index (χ0v) is 15.2. The quantitative estimate of drug-likeness (QED) is 0.654. The van der Waals surface area contributed by atoms with Crippen molar-refractivity contribution in [2.45, 2.75) is 57.5 Å². The maximum atomic E-state index is 6.28. The van der Waals surface area contributed by atoms with Gasteiger partial charge in [0.15, 0.2) is 0 Å². The molecule has 2 aromatic rings. The SMILES string of the molecule is Cc1ccccc1N1C(C)c2ccoc2C12C1CC3CC(C1)CC2C3. The first-order valence-electron chi connectivity index (χ1n) is 10.1. The summed E-state index contributed by atoms with van der Waals surface area (Å²) in [5, 5.41) is 0. The van der Waals surface area contributed by atoms with Crippen molar-refractivity contribution in [3.63, 3.8) is 0 Å². The number of para-hydroxylation sites is 1. The first-order chi connectivity index (χ1) is 12.2. The first kappa shape index (κ1) is 14.5. The van der Waals surface area contributed by atoms with E-state index in [1.165, 1.54) is 54.7 Å². The summed E-state index contributed by atoms with van der Waals surface area (Å²) in [5.74, 6) is 4.79. The van der Waals surface area contributed by atoms with E-state index in [9.17, 15) is 0 Å². The van der Waals surface area contributed by atoms with Crippen LogP contribution in [0.3, 0.4) is 0 Å². The maximum Gasteiger partial charge on any atom is 0.135 e. The Balaban J connectivity index is 1.61. The van der Waals surface area contributed by atoms with Gasteiger partial charge in [0.1, 0.15) is 11.3 Å². The van der Waals surface area contributed by atoms with Crippen LogP contribution in [0.4, 0.5) is 5.69 Å². The Bertz CT molecular complexity index is 806. The van der Waals surface area contributed by atoms with Crippen molar-refractivity contribution in [1.82, 2.24) is 0 Å². The lowest BCUT2D eigenvalue weighted by molar-refractivity contribution is -0.0684. The van der Waals surface area contributed by atoms with E-state index in [1.807, 2.05) is 6.26 Å². The average molecular weight is 333 g/mol. The number of nitrogens with zero attached hydrogens (tertiary/aromatic N) is 1. The van der Waals surface area contributed by atoms with Crippen molar-refractivity contribution in [2.75, 3.05) is 4.90 Å². The van der Waals surface area contributed by atoms with E-state index in [0.717, 1.165) is 23.7 Å². The van der Waals surface area contributed by atoms with Crippen LogP contribution >= 0.6 is 0 Å². The molecule has 25 heavy (non-hydrogen) atoms. The molecule has 130 valence electrons. The van der Waals surface area contributed by atoms with Gasteiger partial charge in [-0.15, -0.1) is 0 Å². The minimum atomic E-state index is 0.109. The summed E-state index contributed by atoms with van der Waals surface area (Å²) < 4.78 is 6.28. The number of fused-ring (bicyclic) bond motifs is 1. The van der Waals surface area contributed by atoms with Gasteiger partial charge in [0.2, 0.25) is 0 Å². The molecule has 0 N–H and O–H groups in total. The highest BCUT2D eigenvalue weighted by molar-refractivity contribution is 5.63. The van der Waals surface area contributed by atoms with E-state index in [2.05, 4.69) is 49.1 Å². The molecule has 7 rings (SSSR count). The molecular weight excluding hydrogens is 306 g/mol. The van der Waals surface area contributed by atoms with Gasteiger partial charge in [-0.3, -0.25) is 0 Å². The molecule has 1 unspecified atom stereocenters. The molecule has 2 nitrogen and oxygen atoms in total. The predicted molar refractivity (Wildman–Crippen MR) is 99.5 cm³/mol. The highest BCUT2D eigenvalue weighted by Gasteiger charge is 2.66. The molecule has 0 saturated heterocycles. The molecule has 0 radical (unpaired) electrons. The largest absolute Gasteiger partial charge is 0.466 e. The summed E-state index contributed by atoms with van der Waals surface area (Å²) >= 11 is 0. The lowest BCUT2D eigenvalue weighted by Gasteiger charge is -2.63. The summed E-state index contributed by atoms with van der Waals surface area (Å²) in [6.07, 6.45) is 9.06. The van der Waals surface area contributed by atoms with Gasteiger partial charge in [0, 0.05) is 11.3 Å². The van der Waals surface area contributed by atoms with Crippen LogP contribution in [0, 0.1) is 30.6 Å². The monoisotopic (exact) mass is 333 g/mol. The highest BCUT2D eigenvalue weighted by atomic mass is 16.3. The van der Waals surface area contributed by atoms with Crippen LogP contribution in [0.25, 0.3) is 0 Å². The summed E-state index contributed by atoms with van der Waals surface area (Å²) in [4.78, 5) is 2.80. The van der Waals surface area contributed by atoms with Crippen LogP contribution < -0.4 is 4.90 Å². The van der Waals surface area contributed by atoms with E-state index in [4.69, 9.17) is 4.42 Å². The molecule has 4 bridgehead atoms. The number of rotatable bonds is 1. The number of furan rings is 1. The second-order valence-corrected chi connectivity index (χ2v) is 9.17. The Hall–Kier alpha value is -1.70. The standard InChI is InChI=1S/C23H27NO/c1-14-5-3-4-6-21(14)24-15(2)20-7-8-25-22(20)23(24)18-10-16-9-17(12-18)13-19(23)11-16/h3-8,15-19H,9-13H2,1-2H3. The lowest BCUT2D eigenvalue weighted by atomic mass is 9.48. The van der Waals surface area contributed by atoms with Crippen molar-refractivity contribution >= 4 is 5.69 Å². The van der Waals surface area contributed by atoms with Crippen LogP contribution in [-0.4, -0.2) is 0 Å². The van der Waals surface area contributed by atoms with Crippen molar-refractivity contribution in [3.05, 3.63) is 53.5 Å². The number of hydrogen-bond acceptors (Lipinski definition) is 2. The highest BCUT2D eigenvalue weighted by Crippen LogP contribution is 2.68. The third kappa shape index (κ3) is 1.62. The number of hydrogen-bond donors (Lipinski definition) is 0. The van der Waals surface area contributed by atoms with Crippen LogP contribution in [0.2, 0.25) is 0 Å². The van der Waals surface area contributed by atoms with Crippen LogP contribution in [0.5, 0.6) is 0 Å². The van der Waals surface area contributed by atoms with Gasteiger partial charge in [-0.2, -0.15) is 0 Å². The van der Waals surface area contributed by atoms with Gasteiger partial charge in [0.05, 0.1) is 12.3 Å². The Morgan fingerprint density at radius 3 is 2.32 bits per heavy atom. The van der Waals surface area contributed by atoms with E-state index in [0.29, 0.717) is 6.04 Å². The summed E-state index contributed by atoms with van der Waals surface area (Å²) in [7, 11) is 0. The minimum absolute atomic E-state index is 0.109. The van der Waals surface area contributed by atoms with E-state index < -0.39 is 0 Å². The minimum Gasteiger partial charge on any atom is -0.466 e. The molecule has 0 amide bonds.